The van der Waals surface area contributed by atoms with Gasteiger partial charge in [-0.1, -0.05) is 6.08 Å². The third kappa shape index (κ3) is 2.89. The zero-order valence-electron chi connectivity index (χ0n) is 6.92. The van der Waals surface area contributed by atoms with Crippen LogP contribution in [-0.4, -0.2) is 25.7 Å². The Kier molecular flexibility index (Phi) is 3.56. The summed E-state index contributed by atoms with van der Waals surface area (Å²) in [7, 11) is 0. The molecule has 68 valence electrons. The van der Waals surface area contributed by atoms with Crippen molar-refractivity contribution in [2.45, 2.75) is 6.42 Å². The van der Waals surface area contributed by atoms with Gasteiger partial charge in [0.15, 0.2) is 0 Å². The molecule has 0 aromatic rings. The van der Waals surface area contributed by atoms with Crippen molar-refractivity contribution in [3.8, 4) is 0 Å². The average Bonchev–Trinajstić information content (AvgIpc) is 2.16. The molecule has 12 heavy (non-hydrogen) atoms. The molecular weight excluding hydrogens is 156 g/mol. The Hall–Kier alpha value is -1.07. The maximum absolute atomic E-state index is 5.35. The molecule has 5 N–H and O–H groups in total. The molecule has 0 radical (unpaired) electrons. The monoisotopic (exact) mass is 170 g/mol. The number of aliphatic imine (C=N–C) groups is 1. The topological polar surface area (TPSA) is 85.7 Å². The van der Waals surface area contributed by atoms with Crippen molar-refractivity contribution < 1.29 is 4.74 Å². The number of guanidine groups is 1. The summed E-state index contributed by atoms with van der Waals surface area (Å²) >= 11 is 0. The van der Waals surface area contributed by atoms with Crippen LogP contribution in [0.25, 0.3) is 0 Å². The Morgan fingerprint density at radius 3 is 3.17 bits per heavy atom. The Labute approximate surface area is 71.4 Å². The second kappa shape index (κ2) is 4.74. The summed E-state index contributed by atoms with van der Waals surface area (Å²) in [6.07, 6.45) is 2.96. The van der Waals surface area contributed by atoms with E-state index in [1.807, 2.05) is 6.08 Å². The van der Waals surface area contributed by atoms with Gasteiger partial charge in [-0.25, -0.2) is 10.8 Å². The molecule has 5 heteroatoms. The lowest BCUT2D eigenvalue weighted by atomic mass is 10.1. The Morgan fingerprint density at radius 2 is 2.58 bits per heavy atom. The minimum atomic E-state index is 0.266. The van der Waals surface area contributed by atoms with Crippen LogP contribution in [0.2, 0.25) is 0 Å². The van der Waals surface area contributed by atoms with E-state index in [4.69, 9.17) is 16.3 Å². The fourth-order valence-corrected chi connectivity index (χ4v) is 0.941. The molecule has 0 atom stereocenters. The van der Waals surface area contributed by atoms with E-state index in [2.05, 4.69) is 10.4 Å². The lowest BCUT2D eigenvalue weighted by molar-refractivity contribution is 0.154. The number of hydrogen-bond donors (Lipinski definition) is 3. The molecule has 1 heterocycles. The number of nitrogens with zero attached hydrogens (tertiary/aromatic N) is 1. The summed E-state index contributed by atoms with van der Waals surface area (Å²) in [5, 5.41) is 0. The summed E-state index contributed by atoms with van der Waals surface area (Å²) in [5.74, 6) is 5.30. The SMILES string of the molecule is NNC(N)=NCC1=CCOCC1. The lowest BCUT2D eigenvalue weighted by Crippen LogP contribution is -2.37. The first kappa shape index (κ1) is 9.02. The number of rotatable bonds is 2. The van der Waals surface area contributed by atoms with Gasteiger partial charge in [-0.15, -0.1) is 0 Å². The summed E-state index contributed by atoms with van der Waals surface area (Å²) in [5.41, 5.74) is 8.87. The molecule has 0 aromatic carbocycles. The Balaban J connectivity index is 2.35. The van der Waals surface area contributed by atoms with E-state index >= 15 is 0 Å². The maximum Gasteiger partial charge on any atom is 0.203 e. The molecule has 5 nitrogen and oxygen atoms in total. The van der Waals surface area contributed by atoms with E-state index in [0.717, 1.165) is 13.0 Å². The van der Waals surface area contributed by atoms with Gasteiger partial charge in [-0.05, 0) is 12.0 Å². The van der Waals surface area contributed by atoms with E-state index in [1.165, 1.54) is 5.57 Å². The molecule has 0 saturated heterocycles. The molecule has 0 bridgehead atoms. The largest absolute Gasteiger partial charge is 0.377 e. The van der Waals surface area contributed by atoms with E-state index < -0.39 is 0 Å². The van der Waals surface area contributed by atoms with Gasteiger partial charge in [0.1, 0.15) is 0 Å². The number of nitrogens with one attached hydrogen (secondary N) is 1. The van der Waals surface area contributed by atoms with Crippen LogP contribution in [0.4, 0.5) is 0 Å². The first-order chi connectivity index (χ1) is 5.83. The van der Waals surface area contributed by atoms with Gasteiger partial charge in [0.25, 0.3) is 0 Å². The summed E-state index contributed by atoms with van der Waals surface area (Å²) in [6, 6.07) is 0. The zero-order valence-corrected chi connectivity index (χ0v) is 6.92. The van der Waals surface area contributed by atoms with Crippen LogP contribution in [-0.2, 0) is 4.74 Å². The zero-order chi connectivity index (χ0) is 8.81. The molecule has 0 fully saturated rings. The molecule has 0 unspecified atom stereocenters. The van der Waals surface area contributed by atoms with Crippen LogP contribution in [0.1, 0.15) is 6.42 Å². The highest BCUT2D eigenvalue weighted by Crippen LogP contribution is 2.07. The van der Waals surface area contributed by atoms with E-state index in [-0.39, 0.29) is 5.96 Å². The van der Waals surface area contributed by atoms with Crippen molar-refractivity contribution in [2.75, 3.05) is 19.8 Å². The van der Waals surface area contributed by atoms with Gasteiger partial charge >= 0.3 is 0 Å². The molecule has 0 aliphatic carbocycles. The highest BCUT2D eigenvalue weighted by molar-refractivity contribution is 5.77. The van der Waals surface area contributed by atoms with Crippen LogP contribution >= 0.6 is 0 Å². The predicted octanol–water partition coefficient (Wildman–Crippen LogP) is -0.889. The van der Waals surface area contributed by atoms with Crippen molar-refractivity contribution in [2.24, 2.45) is 16.6 Å². The van der Waals surface area contributed by atoms with Crippen LogP contribution < -0.4 is 17.0 Å². The van der Waals surface area contributed by atoms with Gasteiger partial charge in [-0.3, -0.25) is 5.43 Å². The van der Waals surface area contributed by atoms with Crippen molar-refractivity contribution in [1.82, 2.24) is 5.43 Å². The summed E-state index contributed by atoms with van der Waals surface area (Å²) < 4.78 is 5.14. The average molecular weight is 170 g/mol. The van der Waals surface area contributed by atoms with Gasteiger partial charge < -0.3 is 10.5 Å². The molecular formula is C7H14N4O. The smallest absolute Gasteiger partial charge is 0.203 e. The highest BCUT2D eigenvalue weighted by atomic mass is 16.5. The fraction of sp³-hybridized carbons (Fsp3) is 0.571. The van der Waals surface area contributed by atoms with Crippen LogP contribution in [0.3, 0.4) is 0 Å². The van der Waals surface area contributed by atoms with Crippen molar-refractivity contribution in [3.05, 3.63) is 11.6 Å². The van der Waals surface area contributed by atoms with Crippen LogP contribution in [0.15, 0.2) is 16.6 Å². The van der Waals surface area contributed by atoms with Crippen molar-refractivity contribution in [3.63, 3.8) is 0 Å². The number of hydrazine groups is 1. The Morgan fingerprint density at radius 1 is 1.75 bits per heavy atom. The minimum absolute atomic E-state index is 0.266. The predicted molar refractivity (Wildman–Crippen MR) is 47.3 cm³/mol. The second-order valence-corrected chi connectivity index (χ2v) is 2.53. The highest BCUT2D eigenvalue weighted by Gasteiger charge is 2.01. The standard InChI is InChI=1S/C7H14N4O/c8-7(11-9)10-5-6-1-3-12-4-2-6/h1H,2-5,9H2,(H3,8,10,11). The fourth-order valence-electron chi connectivity index (χ4n) is 0.941. The van der Waals surface area contributed by atoms with E-state index in [9.17, 15) is 0 Å². The normalized spacial score (nSPS) is 18.8. The third-order valence-electron chi connectivity index (χ3n) is 1.66. The second-order valence-electron chi connectivity index (χ2n) is 2.53. The minimum Gasteiger partial charge on any atom is -0.377 e. The van der Waals surface area contributed by atoms with Gasteiger partial charge in [0, 0.05) is 0 Å². The van der Waals surface area contributed by atoms with Crippen LogP contribution in [0, 0.1) is 0 Å². The van der Waals surface area contributed by atoms with Crippen LogP contribution in [0.5, 0.6) is 0 Å². The first-order valence-electron chi connectivity index (χ1n) is 3.85. The van der Waals surface area contributed by atoms with Gasteiger partial charge in [0.2, 0.25) is 5.96 Å². The maximum atomic E-state index is 5.35. The van der Waals surface area contributed by atoms with E-state index in [0.29, 0.717) is 13.2 Å². The molecule has 1 aliphatic heterocycles. The molecule has 0 saturated carbocycles. The number of hydrogen-bond acceptors (Lipinski definition) is 3. The third-order valence-corrected chi connectivity index (χ3v) is 1.66. The lowest BCUT2D eigenvalue weighted by Gasteiger charge is -2.11. The van der Waals surface area contributed by atoms with Crippen molar-refractivity contribution in [1.29, 1.82) is 0 Å². The van der Waals surface area contributed by atoms with Gasteiger partial charge in [-0.2, -0.15) is 0 Å². The quantitative estimate of drug-likeness (QED) is 0.165. The van der Waals surface area contributed by atoms with Crippen molar-refractivity contribution >= 4 is 5.96 Å². The number of ether oxygens (including phenoxy) is 1. The summed E-state index contributed by atoms with van der Waals surface area (Å²) in [6.45, 7) is 2.07. The van der Waals surface area contributed by atoms with Gasteiger partial charge in [0.05, 0.1) is 19.8 Å². The van der Waals surface area contributed by atoms with E-state index in [1.54, 1.807) is 0 Å². The summed E-state index contributed by atoms with van der Waals surface area (Å²) in [4.78, 5) is 4.00. The molecule has 0 amide bonds. The molecule has 1 rings (SSSR count). The molecule has 1 aliphatic rings. The number of nitrogens with two attached hydrogens (primary N) is 2. The first-order valence-corrected chi connectivity index (χ1v) is 3.85. The molecule has 0 spiro atoms. The Bertz CT molecular complexity index is 200. The molecule has 0 aromatic heterocycles.